The second-order valence-corrected chi connectivity index (χ2v) is 9.78. The number of amides is 1. The molecule has 35 heavy (non-hydrogen) atoms. The summed E-state index contributed by atoms with van der Waals surface area (Å²) in [6.45, 7) is 4.53. The van der Waals surface area contributed by atoms with Crippen molar-refractivity contribution in [1.82, 2.24) is 9.80 Å². The Morgan fingerprint density at radius 1 is 1.20 bits per heavy atom. The number of carbonyl (C=O) groups excluding carboxylic acids is 2. The van der Waals surface area contributed by atoms with Crippen molar-refractivity contribution < 1.29 is 42.2 Å². The first-order valence-electron chi connectivity index (χ1n) is 12.0. The van der Waals surface area contributed by atoms with E-state index in [9.17, 15) is 28.0 Å². The molecule has 4 aliphatic heterocycles. The van der Waals surface area contributed by atoms with E-state index in [1.54, 1.807) is 6.92 Å². The first kappa shape index (κ1) is 24.1. The lowest BCUT2D eigenvalue weighted by Gasteiger charge is -2.44. The minimum Gasteiger partial charge on any atom is -0.450 e. The highest BCUT2D eigenvalue weighted by molar-refractivity contribution is 6.07. The van der Waals surface area contributed by atoms with Crippen LogP contribution in [-0.4, -0.2) is 71.4 Å². The monoisotopic (exact) mass is 496 g/mol. The van der Waals surface area contributed by atoms with E-state index in [4.69, 9.17) is 9.47 Å². The zero-order chi connectivity index (χ0) is 25.0. The SMILES string of the molecule is CC1=C(C(=O)N2CCc3c(cc(C(F)(F)F)c[n+]3O)C2)C2(CCN(C3CCOCC3)CC2)OC1=O. The first-order chi connectivity index (χ1) is 16.6. The maximum atomic E-state index is 13.7. The summed E-state index contributed by atoms with van der Waals surface area (Å²) >= 11 is 0. The van der Waals surface area contributed by atoms with Gasteiger partial charge in [-0.05, 0) is 25.8 Å². The Bertz CT molecular complexity index is 1070. The number of alkyl halides is 3. The molecule has 1 aromatic rings. The zero-order valence-electron chi connectivity index (χ0n) is 19.6. The van der Waals surface area contributed by atoms with Crippen LogP contribution in [0.1, 0.15) is 49.4 Å². The summed E-state index contributed by atoms with van der Waals surface area (Å²) in [5.74, 6) is -0.904. The fraction of sp³-hybridized carbons (Fsp3) is 0.625. The lowest BCUT2D eigenvalue weighted by atomic mass is 9.81. The largest absolute Gasteiger partial charge is 0.450 e. The van der Waals surface area contributed by atoms with Crippen molar-refractivity contribution in [2.75, 3.05) is 32.8 Å². The molecule has 1 N–H and O–H groups in total. The Balaban J connectivity index is 1.37. The summed E-state index contributed by atoms with van der Waals surface area (Å²) in [5.41, 5.74) is -0.840. The zero-order valence-corrected chi connectivity index (χ0v) is 19.6. The van der Waals surface area contributed by atoms with Gasteiger partial charge in [0.05, 0.1) is 18.5 Å². The van der Waals surface area contributed by atoms with Gasteiger partial charge >= 0.3 is 12.1 Å². The Morgan fingerprint density at radius 2 is 1.89 bits per heavy atom. The molecule has 190 valence electrons. The number of rotatable bonds is 2. The third-order valence-corrected chi connectivity index (χ3v) is 7.78. The highest BCUT2D eigenvalue weighted by Gasteiger charge is 2.52. The molecule has 1 aromatic heterocycles. The molecule has 2 fully saturated rings. The van der Waals surface area contributed by atoms with E-state index in [1.807, 2.05) is 0 Å². The highest BCUT2D eigenvalue weighted by atomic mass is 19.4. The molecule has 11 heteroatoms. The van der Waals surface area contributed by atoms with Crippen LogP contribution in [0.25, 0.3) is 0 Å². The van der Waals surface area contributed by atoms with E-state index in [-0.39, 0.29) is 36.6 Å². The molecule has 0 bridgehead atoms. The minimum atomic E-state index is -4.63. The van der Waals surface area contributed by atoms with Crippen LogP contribution >= 0.6 is 0 Å². The summed E-state index contributed by atoms with van der Waals surface area (Å²) in [6, 6.07) is 1.38. The van der Waals surface area contributed by atoms with Crippen molar-refractivity contribution >= 4 is 11.9 Å². The van der Waals surface area contributed by atoms with Crippen LogP contribution in [0.4, 0.5) is 13.2 Å². The molecule has 0 radical (unpaired) electrons. The van der Waals surface area contributed by atoms with Gasteiger partial charge in [-0.3, -0.25) is 14.9 Å². The summed E-state index contributed by atoms with van der Waals surface area (Å²) in [4.78, 5) is 30.1. The van der Waals surface area contributed by atoms with Crippen molar-refractivity contribution in [1.29, 1.82) is 0 Å². The minimum absolute atomic E-state index is 0.0894. The Kier molecular flexibility index (Phi) is 6.03. The number of halogens is 3. The molecule has 4 aliphatic rings. The molecule has 5 heterocycles. The lowest BCUT2D eigenvalue weighted by molar-refractivity contribution is -0.910. The van der Waals surface area contributed by atoms with E-state index in [0.29, 0.717) is 54.2 Å². The summed E-state index contributed by atoms with van der Waals surface area (Å²) < 4.78 is 51.5. The van der Waals surface area contributed by atoms with E-state index >= 15 is 0 Å². The van der Waals surface area contributed by atoms with Gasteiger partial charge < -0.3 is 14.4 Å². The molecular formula is C24H29F3N3O5+. The number of likely N-dealkylation sites (tertiary alicyclic amines) is 1. The third-order valence-electron chi connectivity index (χ3n) is 7.78. The van der Waals surface area contributed by atoms with Crippen LogP contribution in [0.3, 0.4) is 0 Å². The van der Waals surface area contributed by atoms with E-state index < -0.39 is 23.3 Å². The summed E-state index contributed by atoms with van der Waals surface area (Å²) in [7, 11) is 0. The number of pyridine rings is 1. The first-order valence-corrected chi connectivity index (χ1v) is 12.0. The fourth-order valence-electron chi connectivity index (χ4n) is 5.85. The quantitative estimate of drug-likeness (QED) is 0.383. The fourth-order valence-corrected chi connectivity index (χ4v) is 5.85. The number of esters is 1. The number of aromatic nitrogens is 1. The van der Waals surface area contributed by atoms with Gasteiger partial charge in [0, 0.05) is 67.6 Å². The Morgan fingerprint density at radius 3 is 2.54 bits per heavy atom. The molecule has 2 saturated heterocycles. The average molecular weight is 497 g/mol. The summed E-state index contributed by atoms with van der Waals surface area (Å²) in [5, 5.41) is 10.1. The number of hydrogen-bond acceptors (Lipinski definition) is 6. The molecule has 5 rings (SSSR count). The van der Waals surface area contributed by atoms with Gasteiger partial charge in [-0.15, -0.1) is 0 Å². The third kappa shape index (κ3) is 4.29. The standard InChI is InChI=1S/C24H29F3N3O5/c1-15-20(23(35-22(15)32)5-8-28(9-6-23)18-3-10-34-11-4-18)21(31)29-7-2-19-16(13-29)12-17(14-30(19)33)24(25,26)27/h12,14,18,33H,2-11,13H2,1H3/q+1. The normalized spacial score (nSPS) is 23.5. The number of fused-ring (bicyclic) bond motifs is 1. The van der Waals surface area contributed by atoms with Crippen LogP contribution in [-0.2, 0) is 38.2 Å². The Labute approximate surface area is 200 Å². The molecule has 0 aromatic carbocycles. The van der Waals surface area contributed by atoms with Gasteiger partial charge in [0.2, 0.25) is 11.9 Å². The Hall–Kier alpha value is -2.66. The van der Waals surface area contributed by atoms with Crippen LogP contribution in [0, 0.1) is 0 Å². The molecule has 0 atom stereocenters. The van der Waals surface area contributed by atoms with Crippen molar-refractivity contribution in [2.24, 2.45) is 0 Å². The molecule has 8 nitrogen and oxygen atoms in total. The maximum Gasteiger partial charge on any atom is 0.422 e. The van der Waals surface area contributed by atoms with Crippen LogP contribution in [0.15, 0.2) is 23.4 Å². The van der Waals surface area contributed by atoms with Gasteiger partial charge in [0.1, 0.15) is 11.2 Å². The lowest BCUT2D eigenvalue weighted by Crippen LogP contribution is -2.53. The van der Waals surface area contributed by atoms with E-state index in [1.165, 1.54) is 4.90 Å². The highest BCUT2D eigenvalue weighted by Crippen LogP contribution is 2.43. The van der Waals surface area contributed by atoms with Gasteiger partial charge in [0.15, 0.2) is 0 Å². The molecular weight excluding hydrogens is 467 g/mol. The topological polar surface area (TPSA) is 83.2 Å². The summed E-state index contributed by atoms with van der Waals surface area (Å²) in [6.07, 6.45) is -0.896. The second kappa shape index (κ2) is 8.77. The average Bonchev–Trinajstić information content (AvgIpc) is 3.07. The number of carbonyl (C=O) groups is 2. The van der Waals surface area contributed by atoms with E-state index in [2.05, 4.69) is 4.90 Å². The maximum absolute atomic E-state index is 13.7. The van der Waals surface area contributed by atoms with Gasteiger partial charge in [-0.1, -0.05) is 0 Å². The van der Waals surface area contributed by atoms with Crippen molar-refractivity contribution in [3.8, 4) is 0 Å². The van der Waals surface area contributed by atoms with Crippen LogP contribution in [0.5, 0.6) is 0 Å². The predicted octanol–water partition coefficient (Wildman–Crippen LogP) is 2.00. The van der Waals surface area contributed by atoms with Crippen LogP contribution < -0.4 is 4.73 Å². The number of nitrogens with zero attached hydrogens (tertiary/aromatic N) is 3. The molecule has 1 spiro atoms. The molecule has 0 aliphatic carbocycles. The van der Waals surface area contributed by atoms with Gasteiger partial charge in [0.25, 0.3) is 5.91 Å². The molecule has 0 unspecified atom stereocenters. The number of ether oxygens (including phenoxy) is 2. The van der Waals surface area contributed by atoms with Crippen LogP contribution in [0.2, 0.25) is 0 Å². The predicted molar refractivity (Wildman–Crippen MR) is 114 cm³/mol. The van der Waals surface area contributed by atoms with Gasteiger partial charge in [-0.25, -0.2) is 4.79 Å². The number of hydrogen-bond donors (Lipinski definition) is 1. The van der Waals surface area contributed by atoms with Crippen molar-refractivity contribution in [2.45, 2.75) is 63.4 Å². The van der Waals surface area contributed by atoms with E-state index in [0.717, 1.165) is 32.1 Å². The van der Waals surface area contributed by atoms with Crippen molar-refractivity contribution in [3.05, 3.63) is 40.2 Å². The number of piperidine rings is 1. The van der Waals surface area contributed by atoms with Gasteiger partial charge in [-0.2, -0.15) is 13.2 Å². The molecule has 0 saturated carbocycles. The second-order valence-electron chi connectivity index (χ2n) is 9.78. The van der Waals surface area contributed by atoms with Crippen molar-refractivity contribution in [3.63, 3.8) is 0 Å². The smallest absolute Gasteiger partial charge is 0.422 e. The molecule has 1 amide bonds.